The van der Waals surface area contributed by atoms with E-state index in [1.807, 2.05) is 0 Å². The second-order valence-corrected chi connectivity index (χ2v) is 8.25. The number of nitro groups is 1. The monoisotopic (exact) mass is 458 g/mol. The van der Waals surface area contributed by atoms with Gasteiger partial charge in [0.05, 0.1) is 15.5 Å². The minimum Gasteiger partial charge on any atom is -0.378 e. The van der Waals surface area contributed by atoms with Gasteiger partial charge in [0.15, 0.2) is 0 Å². The van der Waals surface area contributed by atoms with Crippen LogP contribution in [0.1, 0.15) is 10.4 Å². The maximum Gasteiger partial charge on any atom is 0.292 e. The van der Waals surface area contributed by atoms with Crippen molar-refractivity contribution in [1.82, 2.24) is 5.32 Å². The summed E-state index contributed by atoms with van der Waals surface area (Å²) in [5.41, 5.74) is 0.119. The van der Waals surface area contributed by atoms with Gasteiger partial charge in [0, 0.05) is 24.7 Å². The molecule has 0 saturated heterocycles. The van der Waals surface area contributed by atoms with Gasteiger partial charge in [0.25, 0.3) is 21.6 Å². The number of hydrogen-bond donors (Lipinski definition) is 3. The molecule has 0 bridgehead atoms. The van der Waals surface area contributed by atoms with Gasteiger partial charge < -0.3 is 10.6 Å². The van der Waals surface area contributed by atoms with Crippen LogP contribution < -0.4 is 15.4 Å². The summed E-state index contributed by atoms with van der Waals surface area (Å²) >= 11 is 0. The van der Waals surface area contributed by atoms with Crippen LogP contribution in [-0.4, -0.2) is 32.3 Å². The summed E-state index contributed by atoms with van der Waals surface area (Å²) in [4.78, 5) is 22.7. The molecule has 0 aliphatic carbocycles. The Kier molecular flexibility index (Phi) is 7.00. The Labute approximate surface area is 183 Å². The van der Waals surface area contributed by atoms with Crippen LogP contribution >= 0.6 is 0 Å². The van der Waals surface area contributed by atoms with Gasteiger partial charge in [0.1, 0.15) is 11.5 Å². The fourth-order valence-electron chi connectivity index (χ4n) is 2.81. The average Bonchev–Trinajstić information content (AvgIpc) is 2.78. The second-order valence-electron chi connectivity index (χ2n) is 6.57. The fourth-order valence-corrected chi connectivity index (χ4v) is 3.92. The van der Waals surface area contributed by atoms with Crippen molar-refractivity contribution in [2.24, 2.45) is 0 Å². The topological polar surface area (TPSA) is 130 Å². The van der Waals surface area contributed by atoms with E-state index in [0.717, 1.165) is 6.07 Å². The maximum atomic E-state index is 13.8. The van der Waals surface area contributed by atoms with E-state index >= 15 is 0 Å². The average molecular weight is 458 g/mol. The number of rotatable bonds is 9. The third kappa shape index (κ3) is 5.58. The number of sulfonamides is 1. The Morgan fingerprint density at radius 1 is 0.938 bits per heavy atom. The SMILES string of the molecule is O=C(NCCNc1ccccc1[N+](=O)[O-])c1cccc(S(=O)(=O)Nc2ccccc2F)c1. The molecule has 0 atom stereocenters. The second kappa shape index (κ2) is 9.88. The van der Waals surface area contributed by atoms with Crippen LogP contribution in [0.4, 0.5) is 21.5 Å². The first-order valence-electron chi connectivity index (χ1n) is 9.41. The van der Waals surface area contributed by atoms with Crippen molar-refractivity contribution < 1.29 is 22.5 Å². The largest absolute Gasteiger partial charge is 0.378 e. The third-order valence-electron chi connectivity index (χ3n) is 4.35. The van der Waals surface area contributed by atoms with Gasteiger partial charge in [-0.05, 0) is 36.4 Å². The lowest BCUT2D eigenvalue weighted by Crippen LogP contribution is -2.29. The number of para-hydroxylation sites is 3. The van der Waals surface area contributed by atoms with Crippen LogP contribution in [0, 0.1) is 15.9 Å². The molecule has 0 aliphatic heterocycles. The number of nitrogens with one attached hydrogen (secondary N) is 3. The molecule has 3 aromatic rings. The van der Waals surface area contributed by atoms with Crippen LogP contribution in [0.5, 0.6) is 0 Å². The molecule has 9 nitrogen and oxygen atoms in total. The van der Waals surface area contributed by atoms with Crippen LogP contribution in [0.2, 0.25) is 0 Å². The normalized spacial score (nSPS) is 10.9. The van der Waals surface area contributed by atoms with Crippen molar-refractivity contribution in [3.63, 3.8) is 0 Å². The lowest BCUT2D eigenvalue weighted by Gasteiger charge is -2.11. The molecule has 3 N–H and O–H groups in total. The molecule has 0 radical (unpaired) electrons. The van der Waals surface area contributed by atoms with E-state index in [2.05, 4.69) is 15.4 Å². The zero-order chi connectivity index (χ0) is 23.1. The van der Waals surface area contributed by atoms with Crippen LogP contribution in [-0.2, 0) is 10.0 Å². The van der Waals surface area contributed by atoms with E-state index < -0.39 is 26.7 Å². The zero-order valence-electron chi connectivity index (χ0n) is 16.6. The van der Waals surface area contributed by atoms with Crippen LogP contribution in [0.3, 0.4) is 0 Å². The number of anilines is 2. The van der Waals surface area contributed by atoms with Gasteiger partial charge in [-0.3, -0.25) is 19.6 Å². The highest BCUT2D eigenvalue weighted by Crippen LogP contribution is 2.23. The smallest absolute Gasteiger partial charge is 0.292 e. The van der Waals surface area contributed by atoms with Crippen LogP contribution in [0.25, 0.3) is 0 Å². The molecular formula is C21H19FN4O5S. The molecule has 1 amide bonds. The van der Waals surface area contributed by atoms with Crippen molar-refractivity contribution in [1.29, 1.82) is 0 Å². The van der Waals surface area contributed by atoms with E-state index in [1.165, 1.54) is 48.5 Å². The minimum atomic E-state index is -4.11. The van der Waals surface area contributed by atoms with Crippen LogP contribution in [0.15, 0.2) is 77.7 Å². The molecule has 0 fully saturated rings. The molecule has 0 aromatic heterocycles. The number of amides is 1. The van der Waals surface area contributed by atoms with Gasteiger partial charge in [-0.15, -0.1) is 0 Å². The van der Waals surface area contributed by atoms with E-state index in [4.69, 9.17) is 0 Å². The summed E-state index contributed by atoms with van der Waals surface area (Å²) in [6, 6.07) is 16.7. The lowest BCUT2D eigenvalue weighted by molar-refractivity contribution is -0.384. The first-order valence-corrected chi connectivity index (χ1v) is 10.9. The highest BCUT2D eigenvalue weighted by atomic mass is 32.2. The Morgan fingerprint density at radius 2 is 1.62 bits per heavy atom. The highest BCUT2D eigenvalue weighted by molar-refractivity contribution is 7.92. The van der Waals surface area contributed by atoms with E-state index in [9.17, 15) is 27.7 Å². The summed E-state index contributed by atoms with van der Waals surface area (Å²) < 4.78 is 41.0. The maximum absolute atomic E-state index is 13.8. The van der Waals surface area contributed by atoms with Crippen molar-refractivity contribution >= 4 is 33.0 Å². The van der Waals surface area contributed by atoms with Gasteiger partial charge in [-0.1, -0.05) is 30.3 Å². The molecule has 3 rings (SSSR count). The summed E-state index contributed by atoms with van der Waals surface area (Å²) in [6.45, 7) is 0.346. The van der Waals surface area contributed by atoms with Crippen molar-refractivity contribution in [3.05, 3.63) is 94.3 Å². The number of carbonyl (C=O) groups is 1. The molecule has 0 aliphatic rings. The standard InChI is InChI=1S/C21H19FN4O5S/c22-17-8-1-2-9-18(17)25-32(30,31)16-7-5-6-15(14-16)21(27)24-13-12-23-19-10-3-4-11-20(19)26(28)29/h1-11,14,23,25H,12-13H2,(H,24,27). The first kappa shape index (κ1) is 22.7. The summed E-state index contributed by atoms with van der Waals surface area (Å²) in [5, 5.41) is 16.5. The predicted octanol–water partition coefficient (Wildman–Crippen LogP) is 3.38. The lowest BCUT2D eigenvalue weighted by atomic mass is 10.2. The summed E-state index contributed by atoms with van der Waals surface area (Å²) in [6.07, 6.45) is 0. The minimum absolute atomic E-state index is 0.0842. The van der Waals surface area contributed by atoms with Gasteiger partial charge >= 0.3 is 0 Å². The van der Waals surface area contributed by atoms with E-state index in [-0.39, 0.29) is 34.9 Å². The molecule has 0 spiro atoms. The Hall–Kier alpha value is -3.99. The van der Waals surface area contributed by atoms with Gasteiger partial charge in [0.2, 0.25) is 0 Å². The Balaban J connectivity index is 1.62. The number of nitro benzene ring substituents is 1. The molecule has 0 unspecified atom stereocenters. The molecular weight excluding hydrogens is 439 g/mol. The number of hydrogen-bond acceptors (Lipinski definition) is 6. The number of benzene rings is 3. The number of halogens is 1. The van der Waals surface area contributed by atoms with Gasteiger partial charge in [-0.2, -0.15) is 0 Å². The number of carbonyl (C=O) groups excluding carboxylic acids is 1. The third-order valence-corrected chi connectivity index (χ3v) is 5.71. The summed E-state index contributed by atoms with van der Waals surface area (Å²) in [5.74, 6) is -1.26. The molecule has 3 aromatic carbocycles. The van der Waals surface area contributed by atoms with E-state index in [1.54, 1.807) is 18.2 Å². The highest BCUT2D eigenvalue weighted by Gasteiger charge is 2.18. The van der Waals surface area contributed by atoms with E-state index in [0.29, 0.717) is 5.69 Å². The molecule has 0 heterocycles. The molecule has 0 saturated carbocycles. The summed E-state index contributed by atoms with van der Waals surface area (Å²) in [7, 11) is -4.11. The van der Waals surface area contributed by atoms with Crippen molar-refractivity contribution in [3.8, 4) is 0 Å². The molecule has 32 heavy (non-hydrogen) atoms. The fraction of sp³-hybridized carbons (Fsp3) is 0.0952. The van der Waals surface area contributed by atoms with Crippen molar-refractivity contribution in [2.75, 3.05) is 23.1 Å². The molecule has 166 valence electrons. The zero-order valence-corrected chi connectivity index (χ0v) is 17.4. The number of nitrogens with zero attached hydrogens (tertiary/aromatic N) is 1. The Bertz CT molecular complexity index is 1250. The molecule has 11 heteroatoms. The Morgan fingerprint density at radius 3 is 2.34 bits per heavy atom. The quantitative estimate of drug-likeness (QED) is 0.256. The van der Waals surface area contributed by atoms with Crippen molar-refractivity contribution in [2.45, 2.75) is 4.90 Å². The first-order chi connectivity index (χ1) is 15.3. The van der Waals surface area contributed by atoms with Gasteiger partial charge in [-0.25, -0.2) is 12.8 Å². The predicted molar refractivity (Wildman–Crippen MR) is 118 cm³/mol.